The Kier molecular flexibility index (Phi) is 4.94. The van der Waals surface area contributed by atoms with E-state index in [2.05, 4.69) is 0 Å². The van der Waals surface area contributed by atoms with Crippen molar-refractivity contribution >= 4 is 24.0 Å². The minimum Gasteiger partial charge on any atom is -0.320 e. The van der Waals surface area contributed by atoms with E-state index in [0.717, 1.165) is 5.56 Å². The molecule has 0 aliphatic carbocycles. The van der Waals surface area contributed by atoms with Crippen molar-refractivity contribution in [2.45, 2.75) is 6.04 Å². The molecular formula is C13H12Cl2FN. The third-order valence-corrected chi connectivity index (χ3v) is 2.69. The Morgan fingerprint density at radius 3 is 2.29 bits per heavy atom. The molecule has 0 spiro atoms. The van der Waals surface area contributed by atoms with Crippen molar-refractivity contribution < 1.29 is 4.39 Å². The maximum Gasteiger partial charge on any atom is 0.129 e. The van der Waals surface area contributed by atoms with Gasteiger partial charge in [-0.3, -0.25) is 0 Å². The van der Waals surface area contributed by atoms with Crippen molar-refractivity contribution in [1.82, 2.24) is 0 Å². The molecule has 0 aromatic heterocycles. The summed E-state index contributed by atoms with van der Waals surface area (Å²) in [5.74, 6) is -0.371. The molecule has 0 amide bonds. The molecule has 90 valence electrons. The SMILES string of the molecule is Cl.NC(c1ccccc1)c1ccc(Cl)cc1F. The van der Waals surface area contributed by atoms with Gasteiger partial charge in [0.15, 0.2) is 0 Å². The molecule has 1 nitrogen and oxygen atoms in total. The number of rotatable bonds is 2. The topological polar surface area (TPSA) is 26.0 Å². The fourth-order valence-electron chi connectivity index (χ4n) is 1.59. The number of halogens is 3. The second kappa shape index (κ2) is 6.01. The molecule has 0 fully saturated rings. The minimum atomic E-state index is -0.460. The van der Waals surface area contributed by atoms with E-state index in [9.17, 15) is 4.39 Å². The molecule has 17 heavy (non-hydrogen) atoms. The van der Waals surface area contributed by atoms with Gasteiger partial charge >= 0.3 is 0 Å². The first-order valence-corrected chi connectivity index (χ1v) is 5.32. The van der Waals surface area contributed by atoms with Gasteiger partial charge in [0.05, 0.1) is 6.04 Å². The van der Waals surface area contributed by atoms with Gasteiger partial charge in [-0.05, 0) is 17.7 Å². The van der Waals surface area contributed by atoms with Gasteiger partial charge < -0.3 is 5.73 Å². The van der Waals surface area contributed by atoms with E-state index in [1.165, 1.54) is 6.07 Å². The third kappa shape index (κ3) is 3.19. The van der Waals surface area contributed by atoms with E-state index in [0.29, 0.717) is 10.6 Å². The summed E-state index contributed by atoms with van der Waals surface area (Å²) in [7, 11) is 0. The smallest absolute Gasteiger partial charge is 0.129 e. The number of hydrogen-bond donors (Lipinski definition) is 1. The highest BCUT2D eigenvalue weighted by atomic mass is 35.5. The maximum atomic E-state index is 13.6. The Morgan fingerprint density at radius 1 is 1.06 bits per heavy atom. The number of hydrogen-bond acceptors (Lipinski definition) is 1. The lowest BCUT2D eigenvalue weighted by Gasteiger charge is -2.13. The van der Waals surface area contributed by atoms with Crippen LogP contribution in [0.3, 0.4) is 0 Å². The lowest BCUT2D eigenvalue weighted by atomic mass is 9.99. The Balaban J connectivity index is 0.00000144. The van der Waals surface area contributed by atoms with E-state index in [1.54, 1.807) is 12.1 Å². The fourth-order valence-corrected chi connectivity index (χ4v) is 1.75. The first-order chi connectivity index (χ1) is 7.68. The molecule has 0 radical (unpaired) electrons. The maximum absolute atomic E-state index is 13.6. The zero-order valence-electron chi connectivity index (χ0n) is 8.94. The molecule has 2 aromatic carbocycles. The average Bonchev–Trinajstić information content (AvgIpc) is 2.29. The Morgan fingerprint density at radius 2 is 1.71 bits per heavy atom. The molecule has 0 saturated heterocycles. The van der Waals surface area contributed by atoms with Gasteiger partial charge in [-0.1, -0.05) is 48.0 Å². The van der Waals surface area contributed by atoms with Crippen LogP contribution in [0.25, 0.3) is 0 Å². The summed E-state index contributed by atoms with van der Waals surface area (Å²) in [6.07, 6.45) is 0. The Hall–Kier alpha value is -1.09. The largest absolute Gasteiger partial charge is 0.320 e. The molecule has 4 heteroatoms. The highest BCUT2D eigenvalue weighted by Gasteiger charge is 2.13. The molecular weight excluding hydrogens is 260 g/mol. The van der Waals surface area contributed by atoms with Crippen LogP contribution in [0.1, 0.15) is 17.2 Å². The predicted octanol–water partition coefficient (Wildman–Crippen LogP) is 3.95. The molecule has 2 rings (SSSR count). The second-order valence-electron chi connectivity index (χ2n) is 3.55. The summed E-state index contributed by atoms with van der Waals surface area (Å²) >= 11 is 5.69. The van der Waals surface area contributed by atoms with Crippen molar-refractivity contribution in [3.8, 4) is 0 Å². The predicted molar refractivity (Wildman–Crippen MR) is 71.1 cm³/mol. The first kappa shape index (κ1) is 14.0. The van der Waals surface area contributed by atoms with Crippen LogP contribution in [0.4, 0.5) is 4.39 Å². The van der Waals surface area contributed by atoms with Crippen molar-refractivity contribution in [2.75, 3.05) is 0 Å². The minimum absolute atomic E-state index is 0. The molecule has 1 unspecified atom stereocenters. The van der Waals surface area contributed by atoms with Crippen LogP contribution < -0.4 is 5.73 Å². The van der Waals surface area contributed by atoms with Gasteiger partial charge in [0.2, 0.25) is 0 Å². The van der Waals surface area contributed by atoms with Gasteiger partial charge in [-0.15, -0.1) is 12.4 Å². The van der Waals surface area contributed by atoms with Crippen LogP contribution in [-0.2, 0) is 0 Å². The number of nitrogens with two attached hydrogens (primary N) is 1. The average molecular weight is 272 g/mol. The summed E-state index contributed by atoms with van der Waals surface area (Å²) in [5, 5.41) is 0.376. The highest BCUT2D eigenvalue weighted by molar-refractivity contribution is 6.30. The van der Waals surface area contributed by atoms with Crippen molar-refractivity contribution in [2.24, 2.45) is 5.73 Å². The van der Waals surface area contributed by atoms with Crippen LogP contribution in [0, 0.1) is 5.82 Å². The summed E-state index contributed by atoms with van der Waals surface area (Å²) in [5.41, 5.74) is 7.32. The molecule has 0 heterocycles. The fraction of sp³-hybridized carbons (Fsp3) is 0.0769. The molecule has 0 saturated carbocycles. The summed E-state index contributed by atoms with van der Waals surface area (Å²) in [6, 6.07) is 13.5. The van der Waals surface area contributed by atoms with Gasteiger partial charge in [-0.2, -0.15) is 0 Å². The lowest BCUT2D eigenvalue weighted by Crippen LogP contribution is -2.13. The molecule has 0 aliphatic heterocycles. The van der Waals surface area contributed by atoms with Crippen LogP contribution >= 0.6 is 24.0 Å². The quantitative estimate of drug-likeness (QED) is 0.880. The van der Waals surface area contributed by atoms with E-state index in [-0.39, 0.29) is 18.2 Å². The van der Waals surface area contributed by atoms with Gasteiger partial charge in [0.1, 0.15) is 5.82 Å². The van der Waals surface area contributed by atoms with Crippen molar-refractivity contribution in [1.29, 1.82) is 0 Å². The van der Waals surface area contributed by atoms with Gasteiger partial charge in [0, 0.05) is 10.6 Å². The molecule has 0 bridgehead atoms. The van der Waals surface area contributed by atoms with Gasteiger partial charge in [0.25, 0.3) is 0 Å². The molecule has 0 aliphatic rings. The Labute approximate surface area is 111 Å². The third-order valence-electron chi connectivity index (χ3n) is 2.46. The normalized spacial score (nSPS) is 11.7. The standard InChI is InChI=1S/C13H11ClFN.ClH/c14-10-6-7-11(12(15)8-10)13(16)9-4-2-1-3-5-9;/h1-8,13H,16H2;1H. The molecule has 2 N–H and O–H groups in total. The van der Waals surface area contributed by atoms with Crippen LogP contribution in [0.15, 0.2) is 48.5 Å². The zero-order valence-corrected chi connectivity index (χ0v) is 10.5. The van der Waals surface area contributed by atoms with Crippen LogP contribution in [0.5, 0.6) is 0 Å². The summed E-state index contributed by atoms with van der Waals surface area (Å²) in [6.45, 7) is 0. The van der Waals surface area contributed by atoms with Crippen LogP contribution in [-0.4, -0.2) is 0 Å². The lowest BCUT2D eigenvalue weighted by molar-refractivity contribution is 0.600. The van der Waals surface area contributed by atoms with Crippen molar-refractivity contribution in [3.63, 3.8) is 0 Å². The summed E-state index contributed by atoms with van der Waals surface area (Å²) in [4.78, 5) is 0. The van der Waals surface area contributed by atoms with E-state index < -0.39 is 6.04 Å². The molecule has 2 aromatic rings. The highest BCUT2D eigenvalue weighted by Crippen LogP contribution is 2.24. The van der Waals surface area contributed by atoms with Crippen LogP contribution in [0.2, 0.25) is 5.02 Å². The van der Waals surface area contributed by atoms with Gasteiger partial charge in [-0.25, -0.2) is 4.39 Å². The first-order valence-electron chi connectivity index (χ1n) is 4.94. The van der Waals surface area contributed by atoms with Crippen molar-refractivity contribution in [3.05, 3.63) is 70.5 Å². The van der Waals surface area contributed by atoms with E-state index in [4.69, 9.17) is 17.3 Å². The molecule has 1 atom stereocenters. The second-order valence-corrected chi connectivity index (χ2v) is 3.99. The monoisotopic (exact) mass is 271 g/mol. The van der Waals surface area contributed by atoms with E-state index >= 15 is 0 Å². The number of benzene rings is 2. The summed E-state index contributed by atoms with van der Waals surface area (Å²) < 4.78 is 13.6. The zero-order chi connectivity index (χ0) is 11.5. The van der Waals surface area contributed by atoms with E-state index in [1.807, 2.05) is 30.3 Å². The Bertz CT molecular complexity index is 488.